The van der Waals surface area contributed by atoms with Crippen molar-refractivity contribution in [3.05, 3.63) is 52.1 Å². The number of rotatable bonds is 3. The second-order valence-corrected chi connectivity index (χ2v) is 5.47. The van der Waals surface area contributed by atoms with Crippen LogP contribution in [0, 0.1) is 6.92 Å². The van der Waals surface area contributed by atoms with Gasteiger partial charge in [-0.2, -0.15) is 0 Å². The SMILES string of the molecule is Cc1ccc(CC(Br)c2ccoc2Br)nc1. The molecule has 0 spiro atoms. The number of furan rings is 1. The van der Waals surface area contributed by atoms with Gasteiger partial charge in [0.05, 0.1) is 6.26 Å². The van der Waals surface area contributed by atoms with E-state index in [1.54, 1.807) is 6.26 Å². The maximum Gasteiger partial charge on any atom is 0.173 e. The fourth-order valence-electron chi connectivity index (χ4n) is 1.44. The van der Waals surface area contributed by atoms with Crippen LogP contribution < -0.4 is 0 Å². The van der Waals surface area contributed by atoms with Crippen molar-refractivity contribution in [3.63, 3.8) is 0 Å². The highest BCUT2D eigenvalue weighted by molar-refractivity contribution is 9.10. The molecular weight excluding hydrogens is 334 g/mol. The van der Waals surface area contributed by atoms with Crippen molar-refractivity contribution >= 4 is 31.9 Å². The van der Waals surface area contributed by atoms with Crippen LogP contribution in [0.1, 0.15) is 21.6 Å². The molecule has 4 heteroatoms. The average Bonchev–Trinajstić information content (AvgIpc) is 2.68. The van der Waals surface area contributed by atoms with Crippen LogP contribution in [0.5, 0.6) is 0 Å². The maximum atomic E-state index is 5.21. The summed E-state index contributed by atoms with van der Waals surface area (Å²) in [5.74, 6) is 0. The summed E-state index contributed by atoms with van der Waals surface area (Å²) in [6.45, 7) is 2.04. The molecule has 2 aromatic rings. The minimum absolute atomic E-state index is 0.218. The zero-order valence-electron chi connectivity index (χ0n) is 8.78. The maximum absolute atomic E-state index is 5.21. The van der Waals surface area contributed by atoms with Gasteiger partial charge in [-0.3, -0.25) is 4.98 Å². The number of aromatic nitrogens is 1. The first kappa shape index (κ1) is 11.9. The molecule has 2 heterocycles. The predicted octanol–water partition coefficient (Wildman–Crippen LogP) is 4.42. The van der Waals surface area contributed by atoms with Crippen LogP contribution >= 0.6 is 31.9 Å². The average molecular weight is 345 g/mol. The first-order chi connectivity index (χ1) is 7.66. The topological polar surface area (TPSA) is 26.0 Å². The van der Waals surface area contributed by atoms with Gasteiger partial charge in [-0.25, -0.2) is 0 Å². The van der Waals surface area contributed by atoms with Gasteiger partial charge >= 0.3 is 0 Å². The van der Waals surface area contributed by atoms with Crippen LogP contribution in [0.15, 0.2) is 39.7 Å². The predicted molar refractivity (Wildman–Crippen MR) is 70.8 cm³/mol. The summed E-state index contributed by atoms with van der Waals surface area (Å²) in [7, 11) is 0. The Kier molecular flexibility index (Phi) is 3.82. The summed E-state index contributed by atoms with van der Waals surface area (Å²) < 4.78 is 5.99. The summed E-state index contributed by atoms with van der Waals surface area (Å²) >= 11 is 7.02. The van der Waals surface area contributed by atoms with E-state index in [4.69, 9.17) is 4.42 Å². The molecule has 2 aromatic heterocycles. The quantitative estimate of drug-likeness (QED) is 0.770. The molecule has 0 saturated heterocycles. The van der Waals surface area contributed by atoms with Crippen molar-refractivity contribution in [1.29, 1.82) is 0 Å². The zero-order valence-corrected chi connectivity index (χ0v) is 12.0. The molecule has 0 amide bonds. The number of alkyl halides is 1. The standard InChI is InChI=1S/C12H11Br2NO/c1-8-2-3-9(15-7-8)6-11(13)10-4-5-16-12(10)14/h2-5,7,11H,6H2,1H3. The first-order valence-electron chi connectivity index (χ1n) is 4.95. The Morgan fingerprint density at radius 3 is 2.75 bits per heavy atom. The molecule has 0 saturated carbocycles. The molecular formula is C12H11Br2NO. The molecule has 0 aliphatic rings. The molecule has 0 fully saturated rings. The third kappa shape index (κ3) is 2.74. The Labute approximate surface area is 111 Å². The van der Waals surface area contributed by atoms with E-state index >= 15 is 0 Å². The number of pyridine rings is 1. The zero-order chi connectivity index (χ0) is 11.5. The largest absolute Gasteiger partial charge is 0.457 e. The highest BCUT2D eigenvalue weighted by Gasteiger charge is 2.14. The van der Waals surface area contributed by atoms with E-state index in [1.807, 2.05) is 19.2 Å². The van der Waals surface area contributed by atoms with Crippen LogP contribution in [0.3, 0.4) is 0 Å². The third-order valence-electron chi connectivity index (χ3n) is 2.34. The molecule has 16 heavy (non-hydrogen) atoms. The molecule has 2 nitrogen and oxygen atoms in total. The minimum Gasteiger partial charge on any atom is -0.457 e. The van der Waals surface area contributed by atoms with Crippen LogP contribution in [-0.4, -0.2) is 4.98 Å². The summed E-state index contributed by atoms with van der Waals surface area (Å²) in [4.78, 5) is 4.60. The number of hydrogen-bond donors (Lipinski definition) is 0. The van der Waals surface area contributed by atoms with Crippen LogP contribution in [0.2, 0.25) is 0 Å². The van der Waals surface area contributed by atoms with Gasteiger partial charge in [0.1, 0.15) is 0 Å². The van der Waals surface area contributed by atoms with Crippen LogP contribution in [-0.2, 0) is 6.42 Å². The second kappa shape index (κ2) is 5.15. The molecule has 0 radical (unpaired) electrons. The fraction of sp³-hybridized carbons (Fsp3) is 0.250. The number of hydrogen-bond acceptors (Lipinski definition) is 2. The molecule has 1 atom stereocenters. The molecule has 0 aliphatic carbocycles. The highest BCUT2D eigenvalue weighted by Crippen LogP contribution is 2.32. The molecule has 84 valence electrons. The van der Waals surface area contributed by atoms with Crippen molar-refractivity contribution in [2.75, 3.05) is 0 Å². The summed E-state index contributed by atoms with van der Waals surface area (Å²) in [6, 6.07) is 6.09. The molecule has 0 aromatic carbocycles. The van der Waals surface area contributed by atoms with Crippen molar-refractivity contribution in [3.8, 4) is 0 Å². The van der Waals surface area contributed by atoms with E-state index in [1.165, 1.54) is 5.56 Å². The lowest BCUT2D eigenvalue weighted by Crippen LogP contribution is -1.97. The Bertz CT molecular complexity index is 464. The lowest BCUT2D eigenvalue weighted by molar-refractivity contribution is 0.536. The van der Waals surface area contributed by atoms with E-state index < -0.39 is 0 Å². The van der Waals surface area contributed by atoms with E-state index in [2.05, 4.69) is 49.0 Å². The number of halogens is 2. The molecule has 2 rings (SSSR count). The van der Waals surface area contributed by atoms with Gasteiger partial charge in [-0.1, -0.05) is 22.0 Å². The van der Waals surface area contributed by atoms with Gasteiger partial charge in [-0.15, -0.1) is 0 Å². The number of aryl methyl sites for hydroxylation is 1. The minimum atomic E-state index is 0.218. The highest BCUT2D eigenvalue weighted by atomic mass is 79.9. The van der Waals surface area contributed by atoms with E-state index in [-0.39, 0.29) is 4.83 Å². The smallest absolute Gasteiger partial charge is 0.173 e. The van der Waals surface area contributed by atoms with Crippen molar-refractivity contribution < 1.29 is 4.42 Å². The van der Waals surface area contributed by atoms with E-state index in [0.29, 0.717) is 0 Å². The third-order valence-corrected chi connectivity index (χ3v) is 3.81. The van der Waals surface area contributed by atoms with Crippen molar-refractivity contribution in [2.45, 2.75) is 18.2 Å². The number of nitrogens with zero attached hydrogens (tertiary/aromatic N) is 1. The van der Waals surface area contributed by atoms with E-state index in [0.717, 1.165) is 22.3 Å². The van der Waals surface area contributed by atoms with Crippen molar-refractivity contribution in [1.82, 2.24) is 4.98 Å². The fourth-order valence-corrected chi connectivity index (χ4v) is 2.96. The summed E-state index contributed by atoms with van der Waals surface area (Å²) in [5, 5.41) is 0. The van der Waals surface area contributed by atoms with Gasteiger partial charge in [-0.05, 0) is 40.5 Å². The monoisotopic (exact) mass is 343 g/mol. The van der Waals surface area contributed by atoms with Gasteiger partial charge in [0.15, 0.2) is 4.67 Å². The Hall–Kier alpha value is -0.610. The lowest BCUT2D eigenvalue weighted by Gasteiger charge is -2.07. The van der Waals surface area contributed by atoms with Crippen LogP contribution in [0.25, 0.3) is 0 Å². The van der Waals surface area contributed by atoms with E-state index in [9.17, 15) is 0 Å². The Morgan fingerprint density at radius 1 is 1.38 bits per heavy atom. The van der Waals surface area contributed by atoms with Gasteiger partial charge in [0.25, 0.3) is 0 Å². The molecule has 0 N–H and O–H groups in total. The molecule has 1 unspecified atom stereocenters. The first-order valence-corrected chi connectivity index (χ1v) is 6.66. The second-order valence-electron chi connectivity index (χ2n) is 3.65. The Balaban J connectivity index is 2.10. The van der Waals surface area contributed by atoms with Crippen molar-refractivity contribution in [2.24, 2.45) is 0 Å². The molecule has 0 aliphatic heterocycles. The Morgan fingerprint density at radius 2 is 2.19 bits per heavy atom. The normalized spacial score (nSPS) is 12.7. The van der Waals surface area contributed by atoms with Gasteiger partial charge in [0, 0.05) is 28.7 Å². The van der Waals surface area contributed by atoms with Crippen LogP contribution in [0.4, 0.5) is 0 Å². The summed E-state index contributed by atoms with van der Waals surface area (Å²) in [5.41, 5.74) is 3.36. The molecule has 0 bridgehead atoms. The lowest BCUT2D eigenvalue weighted by atomic mass is 10.1. The van der Waals surface area contributed by atoms with Gasteiger partial charge in [0.2, 0.25) is 0 Å². The summed E-state index contributed by atoms with van der Waals surface area (Å²) in [6.07, 6.45) is 4.41. The van der Waals surface area contributed by atoms with Gasteiger partial charge < -0.3 is 4.42 Å².